The van der Waals surface area contributed by atoms with Crippen LogP contribution in [-0.4, -0.2) is 22.0 Å². The van der Waals surface area contributed by atoms with Gasteiger partial charge in [-0.05, 0) is 48.7 Å². The SMILES string of the molecule is Cc1ccc(NC(=O)N2CCn3cccc3[C@@H]2Cc2ccccc2)cc1F. The van der Waals surface area contributed by atoms with Crippen molar-refractivity contribution in [3.05, 3.63) is 89.5 Å². The first-order valence-electron chi connectivity index (χ1n) is 9.14. The van der Waals surface area contributed by atoms with Crippen LogP contribution < -0.4 is 5.32 Å². The Labute approximate surface area is 158 Å². The third kappa shape index (κ3) is 3.58. The molecule has 1 aliphatic heterocycles. The maximum absolute atomic E-state index is 13.8. The second kappa shape index (κ2) is 7.27. The van der Waals surface area contributed by atoms with E-state index in [0.29, 0.717) is 17.8 Å². The molecular formula is C22H22FN3O. The summed E-state index contributed by atoms with van der Waals surface area (Å²) in [4.78, 5) is 14.8. The fourth-order valence-corrected chi connectivity index (χ4v) is 3.63. The van der Waals surface area contributed by atoms with Crippen molar-refractivity contribution >= 4 is 11.7 Å². The topological polar surface area (TPSA) is 37.3 Å². The van der Waals surface area contributed by atoms with Crippen LogP contribution >= 0.6 is 0 Å². The Bertz CT molecular complexity index is 951. The number of nitrogens with one attached hydrogen (secondary N) is 1. The van der Waals surface area contributed by atoms with Gasteiger partial charge in [-0.3, -0.25) is 0 Å². The molecule has 2 aromatic carbocycles. The van der Waals surface area contributed by atoms with E-state index in [1.165, 1.54) is 11.6 Å². The summed E-state index contributed by atoms with van der Waals surface area (Å²) in [7, 11) is 0. The average Bonchev–Trinajstić information content (AvgIpc) is 3.15. The van der Waals surface area contributed by atoms with Crippen LogP contribution in [0.25, 0.3) is 0 Å². The quantitative estimate of drug-likeness (QED) is 0.715. The number of carbonyl (C=O) groups excluding carboxylic acids is 1. The Kier molecular flexibility index (Phi) is 4.67. The summed E-state index contributed by atoms with van der Waals surface area (Å²) in [6, 6.07) is 18.8. The Morgan fingerprint density at radius 1 is 1.11 bits per heavy atom. The molecule has 0 spiro atoms. The number of hydrogen-bond donors (Lipinski definition) is 1. The van der Waals surface area contributed by atoms with Crippen molar-refractivity contribution in [1.29, 1.82) is 0 Å². The van der Waals surface area contributed by atoms with Gasteiger partial charge in [0.2, 0.25) is 0 Å². The number of aryl methyl sites for hydroxylation is 1. The van der Waals surface area contributed by atoms with Gasteiger partial charge in [0.25, 0.3) is 0 Å². The molecule has 0 aliphatic carbocycles. The lowest BCUT2D eigenvalue weighted by molar-refractivity contribution is 0.167. The second-order valence-electron chi connectivity index (χ2n) is 6.92. The lowest BCUT2D eigenvalue weighted by Crippen LogP contribution is -2.44. The molecule has 27 heavy (non-hydrogen) atoms. The van der Waals surface area contributed by atoms with Gasteiger partial charge in [0.05, 0.1) is 6.04 Å². The fourth-order valence-electron chi connectivity index (χ4n) is 3.63. The molecule has 0 bridgehead atoms. The van der Waals surface area contributed by atoms with E-state index < -0.39 is 0 Å². The highest BCUT2D eigenvalue weighted by Gasteiger charge is 2.31. The van der Waals surface area contributed by atoms with Crippen molar-refractivity contribution in [1.82, 2.24) is 9.47 Å². The van der Waals surface area contributed by atoms with E-state index in [1.54, 1.807) is 19.1 Å². The van der Waals surface area contributed by atoms with Crippen molar-refractivity contribution in [3.8, 4) is 0 Å². The molecule has 5 heteroatoms. The van der Waals surface area contributed by atoms with Gasteiger partial charge >= 0.3 is 6.03 Å². The Morgan fingerprint density at radius 2 is 1.93 bits per heavy atom. The molecule has 2 amide bonds. The predicted molar refractivity (Wildman–Crippen MR) is 104 cm³/mol. The summed E-state index contributed by atoms with van der Waals surface area (Å²) in [6.45, 7) is 3.07. The molecule has 4 nitrogen and oxygen atoms in total. The van der Waals surface area contributed by atoms with Gasteiger partial charge in [-0.1, -0.05) is 36.4 Å². The summed E-state index contributed by atoms with van der Waals surface area (Å²) >= 11 is 0. The molecule has 0 saturated carbocycles. The monoisotopic (exact) mass is 363 g/mol. The third-order valence-electron chi connectivity index (χ3n) is 5.12. The molecule has 2 heterocycles. The van der Waals surface area contributed by atoms with Crippen molar-refractivity contribution in [2.45, 2.75) is 25.9 Å². The van der Waals surface area contributed by atoms with Gasteiger partial charge in [0.15, 0.2) is 0 Å². The summed E-state index contributed by atoms with van der Waals surface area (Å²) < 4.78 is 16.0. The van der Waals surface area contributed by atoms with Crippen molar-refractivity contribution in [3.63, 3.8) is 0 Å². The van der Waals surface area contributed by atoms with Gasteiger partial charge in [-0.25, -0.2) is 9.18 Å². The Balaban J connectivity index is 1.59. The van der Waals surface area contributed by atoms with Crippen LogP contribution in [0.5, 0.6) is 0 Å². The largest absolute Gasteiger partial charge is 0.348 e. The number of benzene rings is 2. The zero-order valence-electron chi connectivity index (χ0n) is 15.2. The van der Waals surface area contributed by atoms with E-state index in [4.69, 9.17) is 0 Å². The first kappa shape index (κ1) is 17.3. The maximum Gasteiger partial charge on any atom is 0.322 e. The van der Waals surface area contributed by atoms with Crippen molar-refractivity contribution < 1.29 is 9.18 Å². The van der Waals surface area contributed by atoms with E-state index >= 15 is 0 Å². The highest BCUT2D eigenvalue weighted by atomic mass is 19.1. The minimum atomic E-state index is -0.318. The van der Waals surface area contributed by atoms with Crippen LogP contribution in [-0.2, 0) is 13.0 Å². The fraction of sp³-hybridized carbons (Fsp3) is 0.227. The van der Waals surface area contributed by atoms with Crippen molar-refractivity contribution in [2.75, 3.05) is 11.9 Å². The normalized spacial score (nSPS) is 16.1. The summed E-state index contributed by atoms with van der Waals surface area (Å²) in [5, 5.41) is 2.86. The lowest BCUT2D eigenvalue weighted by Gasteiger charge is -2.37. The number of rotatable bonds is 3. The smallest absolute Gasteiger partial charge is 0.322 e. The molecule has 0 unspecified atom stereocenters. The minimum Gasteiger partial charge on any atom is -0.348 e. The number of halogens is 1. The molecule has 0 saturated heterocycles. The molecule has 1 aromatic heterocycles. The van der Waals surface area contributed by atoms with E-state index in [2.05, 4.69) is 34.3 Å². The number of nitrogens with zero attached hydrogens (tertiary/aromatic N) is 2. The maximum atomic E-state index is 13.8. The molecule has 0 fully saturated rings. The standard InChI is InChI=1S/C22H22FN3O/c1-16-9-10-18(15-19(16)23)24-22(27)26-13-12-25-11-5-8-20(25)21(26)14-17-6-3-2-4-7-17/h2-11,15,21H,12-14H2,1H3,(H,24,27)/t21-/m0/s1. The number of fused-ring (bicyclic) bond motifs is 1. The Morgan fingerprint density at radius 3 is 2.70 bits per heavy atom. The third-order valence-corrected chi connectivity index (χ3v) is 5.12. The number of urea groups is 1. The predicted octanol–water partition coefficient (Wildman–Crippen LogP) is 4.77. The van der Waals surface area contributed by atoms with Gasteiger partial charge in [-0.15, -0.1) is 0 Å². The van der Waals surface area contributed by atoms with E-state index in [-0.39, 0.29) is 17.9 Å². The molecule has 3 aromatic rings. The first-order chi connectivity index (χ1) is 13.1. The highest BCUT2D eigenvalue weighted by molar-refractivity contribution is 5.89. The van der Waals surface area contributed by atoms with Crippen LogP contribution in [0, 0.1) is 12.7 Å². The number of carbonyl (C=O) groups is 1. The molecule has 1 N–H and O–H groups in total. The highest BCUT2D eigenvalue weighted by Crippen LogP contribution is 2.30. The van der Waals surface area contributed by atoms with E-state index in [9.17, 15) is 9.18 Å². The molecule has 138 valence electrons. The van der Waals surface area contributed by atoms with Crippen LogP contribution in [0.15, 0.2) is 66.9 Å². The number of hydrogen-bond acceptors (Lipinski definition) is 1. The van der Waals surface area contributed by atoms with Gasteiger partial charge in [-0.2, -0.15) is 0 Å². The van der Waals surface area contributed by atoms with Crippen LogP contribution in [0.3, 0.4) is 0 Å². The Hall–Kier alpha value is -3.08. The van der Waals surface area contributed by atoms with Gasteiger partial charge < -0.3 is 14.8 Å². The number of aromatic nitrogens is 1. The molecule has 1 atom stereocenters. The molecule has 1 aliphatic rings. The molecule has 4 rings (SSSR count). The summed E-state index contributed by atoms with van der Waals surface area (Å²) in [5.74, 6) is -0.318. The molecule has 0 radical (unpaired) electrons. The van der Waals surface area contributed by atoms with Gasteiger partial charge in [0, 0.05) is 30.7 Å². The molecular weight excluding hydrogens is 341 g/mol. The summed E-state index contributed by atoms with van der Waals surface area (Å²) in [6.07, 6.45) is 2.79. The zero-order chi connectivity index (χ0) is 18.8. The van der Waals surface area contributed by atoms with Crippen molar-refractivity contribution in [2.24, 2.45) is 0 Å². The van der Waals surface area contributed by atoms with Crippen LogP contribution in [0.2, 0.25) is 0 Å². The number of anilines is 1. The van der Waals surface area contributed by atoms with Gasteiger partial charge in [0.1, 0.15) is 5.82 Å². The average molecular weight is 363 g/mol. The van der Waals surface area contributed by atoms with E-state index in [1.807, 2.05) is 29.2 Å². The first-order valence-corrected chi connectivity index (χ1v) is 9.14. The summed E-state index contributed by atoms with van der Waals surface area (Å²) in [5.41, 5.74) is 3.33. The second-order valence-corrected chi connectivity index (χ2v) is 6.92. The van der Waals surface area contributed by atoms with E-state index in [0.717, 1.165) is 18.7 Å². The lowest BCUT2D eigenvalue weighted by atomic mass is 10.0. The number of amides is 2. The zero-order valence-corrected chi connectivity index (χ0v) is 15.2. The minimum absolute atomic E-state index is 0.0635. The van der Waals surface area contributed by atoms with Crippen LogP contribution in [0.4, 0.5) is 14.9 Å². The van der Waals surface area contributed by atoms with Crippen LogP contribution in [0.1, 0.15) is 22.9 Å².